The van der Waals surface area contributed by atoms with Crippen LogP contribution in [0.5, 0.6) is 0 Å². The van der Waals surface area contributed by atoms with Gasteiger partial charge in [-0.25, -0.2) is 0 Å². The molecule has 2 rings (SSSR count). The van der Waals surface area contributed by atoms with Crippen LogP contribution in [0.4, 0.5) is 0 Å². The largest absolute Gasteiger partial charge is 0.512 e. The topological polar surface area (TPSA) is 30.8 Å². The molecular weight excluding hydrogens is 146 g/mol. The zero-order valence-corrected chi connectivity index (χ0v) is 6.62. The zero-order chi connectivity index (χ0) is 6.81. The van der Waals surface area contributed by atoms with Crippen LogP contribution in [-0.2, 0) is 8.85 Å². The molecule has 3 nitrogen and oxygen atoms in total. The molecule has 0 spiro atoms. The van der Waals surface area contributed by atoms with Gasteiger partial charge in [-0.05, 0) is 24.1 Å². The fourth-order valence-corrected chi connectivity index (χ4v) is 1.49. The minimum atomic E-state index is -0.822. The molecule has 0 fully saturated rings. The van der Waals surface area contributed by atoms with Crippen LogP contribution >= 0.6 is 0 Å². The van der Waals surface area contributed by atoms with Gasteiger partial charge in [0, 0.05) is 0 Å². The molecule has 0 aromatic heterocycles. The van der Waals surface area contributed by atoms with Crippen molar-refractivity contribution >= 4 is 15.9 Å². The summed E-state index contributed by atoms with van der Waals surface area (Å²) in [5, 5.41) is 0. The minimum Gasteiger partial charge on any atom is -0.512 e. The molecule has 0 aromatic rings. The fourth-order valence-electron chi connectivity index (χ4n) is 0.763. The van der Waals surface area contributed by atoms with Crippen LogP contribution in [0.3, 0.4) is 0 Å². The Morgan fingerprint density at radius 1 is 1.50 bits per heavy atom. The number of hydrogen-bond acceptors (Lipinski definition) is 3. The molecule has 2 aliphatic heterocycles. The lowest BCUT2D eigenvalue weighted by Gasteiger charge is -1.89. The van der Waals surface area contributed by atoms with Crippen LogP contribution in [0.2, 0.25) is 0 Å². The Labute approximate surface area is 60.4 Å². The molecule has 0 aliphatic carbocycles. The first-order valence-corrected chi connectivity index (χ1v) is 4.08. The maximum absolute atomic E-state index is 5.19. The van der Waals surface area contributed by atoms with Crippen LogP contribution in [0.25, 0.3) is 0 Å². The number of aliphatic imine (C=N–C) groups is 1. The first-order valence-electron chi connectivity index (χ1n) is 2.93. The highest BCUT2D eigenvalue weighted by Crippen LogP contribution is 2.17. The van der Waals surface area contributed by atoms with Crippen LogP contribution < -0.4 is 0 Å². The molecule has 0 bridgehead atoms. The van der Waals surface area contributed by atoms with Crippen molar-refractivity contribution in [1.29, 1.82) is 0 Å². The van der Waals surface area contributed by atoms with Crippen molar-refractivity contribution < 1.29 is 8.85 Å². The molecule has 0 atom stereocenters. The van der Waals surface area contributed by atoms with E-state index in [1.54, 1.807) is 6.08 Å². The van der Waals surface area contributed by atoms with Crippen LogP contribution in [-0.4, -0.2) is 15.9 Å². The van der Waals surface area contributed by atoms with Crippen molar-refractivity contribution in [1.82, 2.24) is 0 Å². The highest BCUT2D eigenvalue weighted by atomic mass is 28.3. The van der Waals surface area contributed by atoms with Gasteiger partial charge in [0.25, 0.3) is 5.88 Å². The smallest absolute Gasteiger partial charge is 0.429 e. The second-order valence-corrected chi connectivity index (χ2v) is 2.66. The van der Waals surface area contributed by atoms with E-state index in [1.807, 2.05) is 12.2 Å². The first kappa shape index (κ1) is 5.53. The van der Waals surface area contributed by atoms with Crippen LogP contribution in [0.1, 0.15) is 0 Å². The van der Waals surface area contributed by atoms with Crippen LogP contribution in [0, 0.1) is 0 Å². The van der Waals surface area contributed by atoms with Gasteiger partial charge >= 0.3 is 10.0 Å². The van der Waals surface area contributed by atoms with Crippen molar-refractivity contribution in [2.45, 2.75) is 0 Å². The van der Waals surface area contributed by atoms with Gasteiger partial charge in [0.2, 0.25) is 0 Å². The molecule has 0 radical (unpaired) electrons. The SMILES string of the molecule is C1=CC=CC2=C(N=1)O[SiH2]O2. The van der Waals surface area contributed by atoms with Gasteiger partial charge in [0.15, 0.2) is 5.76 Å². The predicted octanol–water partition coefficient (Wildman–Crippen LogP) is -0.00320. The molecule has 10 heavy (non-hydrogen) atoms. The molecule has 0 saturated heterocycles. The average molecular weight is 151 g/mol. The zero-order valence-electron chi connectivity index (χ0n) is 5.20. The lowest BCUT2D eigenvalue weighted by Crippen LogP contribution is -1.88. The number of allylic oxidation sites excluding steroid dienone is 3. The third kappa shape index (κ3) is 0.795. The normalized spacial score (nSPS) is 22.4. The lowest BCUT2D eigenvalue weighted by molar-refractivity contribution is 0.413. The Hall–Kier alpha value is -1.25. The maximum Gasteiger partial charge on any atom is 0.429 e. The van der Waals surface area contributed by atoms with Crippen molar-refractivity contribution in [3.8, 4) is 0 Å². The Bertz CT molecular complexity index is 273. The summed E-state index contributed by atoms with van der Waals surface area (Å²) in [5.74, 6) is 4.01. The highest BCUT2D eigenvalue weighted by molar-refractivity contribution is 6.20. The van der Waals surface area contributed by atoms with Crippen molar-refractivity contribution in [2.24, 2.45) is 4.99 Å². The molecule has 0 saturated carbocycles. The van der Waals surface area contributed by atoms with Crippen LogP contribution in [0.15, 0.2) is 34.9 Å². The second-order valence-electron chi connectivity index (χ2n) is 1.84. The van der Waals surface area contributed by atoms with E-state index in [0.29, 0.717) is 5.88 Å². The summed E-state index contributed by atoms with van der Waals surface area (Å²) in [4.78, 5) is 3.88. The van der Waals surface area contributed by atoms with Gasteiger partial charge < -0.3 is 8.85 Å². The molecule has 2 heterocycles. The van der Waals surface area contributed by atoms with Gasteiger partial charge in [-0.2, -0.15) is 4.99 Å². The average Bonchev–Trinajstić information content (AvgIpc) is 2.28. The Morgan fingerprint density at radius 2 is 2.50 bits per heavy atom. The van der Waals surface area contributed by atoms with E-state index in [4.69, 9.17) is 8.85 Å². The lowest BCUT2D eigenvalue weighted by atomic mass is 10.4. The standard InChI is InChI=1S/C6H5NO2Si/c1-2-4-7-6-5(3-1)8-10-9-6/h1-3H,10H2. The Morgan fingerprint density at radius 3 is 3.50 bits per heavy atom. The summed E-state index contributed by atoms with van der Waals surface area (Å²) in [5.41, 5.74) is 0. The van der Waals surface area contributed by atoms with E-state index in [0.717, 1.165) is 5.76 Å². The molecule has 4 heteroatoms. The molecule has 2 aliphatic rings. The van der Waals surface area contributed by atoms with Gasteiger partial charge in [0.05, 0.1) is 0 Å². The maximum atomic E-state index is 5.19. The van der Waals surface area contributed by atoms with E-state index in [9.17, 15) is 0 Å². The van der Waals surface area contributed by atoms with Crippen molar-refractivity contribution in [3.63, 3.8) is 0 Å². The van der Waals surface area contributed by atoms with E-state index in [1.165, 1.54) is 0 Å². The summed E-state index contributed by atoms with van der Waals surface area (Å²) >= 11 is 0. The molecule has 0 N–H and O–H groups in total. The van der Waals surface area contributed by atoms with E-state index in [2.05, 4.69) is 10.9 Å². The minimum absolute atomic E-state index is 0.580. The highest BCUT2D eigenvalue weighted by Gasteiger charge is 2.14. The summed E-state index contributed by atoms with van der Waals surface area (Å²) in [7, 11) is -0.822. The Balaban J connectivity index is 2.44. The van der Waals surface area contributed by atoms with Gasteiger partial charge in [-0.3, -0.25) is 0 Å². The van der Waals surface area contributed by atoms with E-state index >= 15 is 0 Å². The summed E-state index contributed by atoms with van der Waals surface area (Å²) in [6, 6.07) is 0. The van der Waals surface area contributed by atoms with Crippen molar-refractivity contribution in [2.75, 3.05) is 0 Å². The Kier molecular flexibility index (Phi) is 1.20. The molecule has 0 amide bonds. The predicted molar refractivity (Wildman–Crippen MR) is 38.9 cm³/mol. The van der Waals surface area contributed by atoms with Gasteiger partial charge in [-0.1, -0.05) is 0 Å². The molecule has 0 unspecified atom stereocenters. The van der Waals surface area contributed by atoms with Gasteiger partial charge in [0.1, 0.15) is 0 Å². The van der Waals surface area contributed by atoms with E-state index in [-0.39, 0.29) is 0 Å². The molecular formula is C6H5NO2Si. The monoisotopic (exact) mass is 151 g/mol. The second kappa shape index (κ2) is 2.17. The summed E-state index contributed by atoms with van der Waals surface area (Å²) in [6.07, 6.45) is 5.38. The van der Waals surface area contributed by atoms with E-state index < -0.39 is 10.0 Å². The third-order valence-corrected chi connectivity index (χ3v) is 2.03. The quantitative estimate of drug-likeness (QED) is 0.456. The number of nitrogens with zero attached hydrogens (tertiary/aromatic N) is 1. The van der Waals surface area contributed by atoms with Crippen molar-refractivity contribution in [3.05, 3.63) is 29.9 Å². The fraction of sp³-hybridized carbons (Fsp3) is 0. The summed E-state index contributed by atoms with van der Waals surface area (Å²) < 4.78 is 10.3. The number of hydrogen-bond donors (Lipinski definition) is 0. The third-order valence-electron chi connectivity index (χ3n) is 1.21. The first-order chi connectivity index (χ1) is 4.97. The summed E-state index contributed by atoms with van der Waals surface area (Å²) in [6.45, 7) is 0. The number of rotatable bonds is 0. The molecule has 50 valence electrons. The molecule has 0 aromatic carbocycles. The van der Waals surface area contributed by atoms with Gasteiger partial charge in [-0.15, -0.1) is 0 Å².